The molecule has 1 aliphatic carbocycles. The van der Waals surface area contributed by atoms with E-state index >= 15 is 0 Å². The summed E-state index contributed by atoms with van der Waals surface area (Å²) >= 11 is 0. The van der Waals surface area contributed by atoms with Crippen LogP contribution in [-0.4, -0.2) is 31.9 Å². The zero-order valence-corrected chi connectivity index (χ0v) is 11.9. The molecule has 0 aromatic carbocycles. The van der Waals surface area contributed by atoms with E-state index in [0.29, 0.717) is 5.92 Å². The van der Waals surface area contributed by atoms with Crippen LogP contribution < -0.4 is 5.73 Å². The van der Waals surface area contributed by atoms with Gasteiger partial charge in [-0.15, -0.1) is 4.52 Å². The summed E-state index contributed by atoms with van der Waals surface area (Å²) in [6.07, 6.45) is 7.07. The molecular weight excluding hydrogens is 253 g/mol. The highest BCUT2D eigenvalue weighted by atomic mass is 31.1. The van der Waals surface area contributed by atoms with Crippen molar-refractivity contribution in [2.24, 2.45) is 11.7 Å². The van der Waals surface area contributed by atoms with Gasteiger partial charge in [0.1, 0.15) is 6.61 Å². The maximum atomic E-state index is 11.3. The van der Waals surface area contributed by atoms with Gasteiger partial charge in [-0.3, -0.25) is 0 Å². The average Bonchev–Trinajstić information content (AvgIpc) is 2.37. The minimum atomic E-state index is -1.93. The molecule has 2 N–H and O–H groups in total. The fourth-order valence-electron chi connectivity index (χ4n) is 2.33. The van der Waals surface area contributed by atoms with Gasteiger partial charge in [-0.25, -0.2) is 4.79 Å². The van der Waals surface area contributed by atoms with Gasteiger partial charge in [0, 0.05) is 6.04 Å². The molecule has 5 nitrogen and oxygen atoms in total. The first-order chi connectivity index (χ1) is 8.61. The van der Waals surface area contributed by atoms with E-state index in [1.165, 1.54) is 39.2 Å². The first-order valence-corrected chi connectivity index (χ1v) is 7.88. The Labute approximate surface area is 109 Å². The molecule has 0 amide bonds. The van der Waals surface area contributed by atoms with Crippen LogP contribution in [0.4, 0.5) is 0 Å². The predicted molar refractivity (Wildman–Crippen MR) is 69.6 cm³/mol. The van der Waals surface area contributed by atoms with Crippen LogP contribution in [0.15, 0.2) is 0 Å². The molecule has 0 saturated heterocycles. The van der Waals surface area contributed by atoms with Crippen LogP contribution in [0.25, 0.3) is 0 Å². The van der Waals surface area contributed by atoms with Crippen LogP contribution in [0.2, 0.25) is 0 Å². The lowest BCUT2D eigenvalue weighted by molar-refractivity contribution is -0.141. The van der Waals surface area contributed by atoms with E-state index in [2.05, 4.69) is 4.52 Å². The van der Waals surface area contributed by atoms with Crippen LogP contribution in [0, 0.1) is 5.92 Å². The number of hydrogen-bond acceptors (Lipinski definition) is 5. The highest BCUT2D eigenvalue weighted by molar-refractivity contribution is 7.40. The van der Waals surface area contributed by atoms with Crippen molar-refractivity contribution in [2.75, 3.05) is 19.9 Å². The number of carbonyl (C=O) groups excluding carboxylic acids is 1. The maximum Gasteiger partial charge on any atom is 0.519 e. The summed E-state index contributed by atoms with van der Waals surface area (Å²) in [5, 5.41) is 0. The molecule has 1 saturated carbocycles. The Morgan fingerprint density at radius 1 is 1.39 bits per heavy atom. The highest BCUT2D eigenvalue weighted by Crippen LogP contribution is 2.27. The van der Waals surface area contributed by atoms with Crippen LogP contribution >= 0.6 is 8.03 Å². The van der Waals surface area contributed by atoms with Gasteiger partial charge in [0.2, 0.25) is 0 Å². The van der Waals surface area contributed by atoms with E-state index in [1.807, 2.05) is 0 Å². The molecule has 0 aromatic heterocycles. The van der Waals surface area contributed by atoms with Crippen LogP contribution in [-0.2, 0) is 18.6 Å². The summed E-state index contributed by atoms with van der Waals surface area (Å²) in [6.45, 7) is 0.211. The Balaban J connectivity index is 2.13. The number of nitrogens with two attached hydrogens (primary N) is 1. The lowest BCUT2D eigenvalue weighted by Crippen LogP contribution is -2.31. The van der Waals surface area contributed by atoms with Crippen LogP contribution in [0.1, 0.15) is 38.5 Å². The van der Waals surface area contributed by atoms with E-state index < -0.39 is 14.0 Å². The Morgan fingerprint density at radius 2 is 2.06 bits per heavy atom. The van der Waals surface area contributed by atoms with Crippen LogP contribution in [0.5, 0.6) is 0 Å². The molecule has 18 heavy (non-hydrogen) atoms. The minimum Gasteiger partial charge on any atom is -0.461 e. The topological polar surface area (TPSA) is 78.6 Å². The predicted octanol–water partition coefficient (Wildman–Crippen LogP) is 2.22. The Kier molecular flexibility index (Phi) is 7.40. The summed E-state index contributed by atoms with van der Waals surface area (Å²) in [4.78, 5) is 11.3. The first-order valence-electron chi connectivity index (χ1n) is 6.51. The number of esters is 1. The van der Waals surface area contributed by atoms with Crippen molar-refractivity contribution in [1.29, 1.82) is 0 Å². The van der Waals surface area contributed by atoms with E-state index in [1.54, 1.807) is 0 Å². The summed E-state index contributed by atoms with van der Waals surface area (Å²) in [7, 11) is -0.624. The summed E-state index contributed by atoms with van der Waals surface area (Å²) < 4.78 is 20.5. The Hall–Kier alpha value is -0.510. The molecular formula is C12H23NO4P+. The summed E-state index contributed by atoms with van der Waals surface area (Å²) in [6, 6.07) is -0.113. The third kappa shape index (κ3) is 6.43. The fourth-order valence-corrected chi connectivity index (χ4v) is 2.77. The third-order valence-corrected chi connectivity index (χ3v) is 4.20. The smallest absolute Gasteiger partial charge is 0.461 e. The lowest BCUT2D eigenvalue weighted by atomic mass is 9.85. The molecule has 1 fully saturated rings. The minimum absolute atomic E-state index is 0.113. The molecule has 2 atom stereocenters. The van der Waals surface area contributed by atoms with Crippen LogP contribution in [0.3, 0.4) is 0 Å². The maximum absolute atomic E-state index is 11.3. The molecule has 0 aliphatic heterocycles. The first kappa shape index (κ1) is 15.5. The van der Waals surface area contributed by atoms with Gasteiger partial charge in [0.25, 0.3) is 6.16 Å². The van der Waals surface area contributed by atoms with Crippen molar-refractivity contribution >= 4 is 14.0 Å². The molecule has 0 heterocycles. The van der Waals surface area contributed by atoms with Crippen molar-refractivity contribution in [2.45, 2.75) is 44.6 Å². The molecule has 104 valence electrons. The van der Waals surface area contributed by atoms with Gasteiger partial charge in [-0.1, -0.05) is 32.1 Å². The largest absolute Gasteiger partial charge is 0.519 e. The summed E-state index contributed by atoms with van der Waals surface area (Å²) in [5.41, 5.74) is 5.93. The standard InChI is InChI=1S/C12H23NO4P/c1-16-18(15)9-12(14)17-8-11(13)7-10-5-3-2-4-6-10/h10-11H,2-9,13H2,1H3/q+1. The lowest BCUT2D eigenvalue weighted by Gasteiger charge is -2.24. The molecule has 2 unspecified atom stereocenters. The average molecular weight is 276 g/mol. The van der Waals surface area contributed by atoms with Gasteiger partial charge in [0.15, 0.2) is 0 Å². The Morgan fingerprint density at radius 3 is 2.67 bits per heavy atom. The van der Waals surface area contributed by atoms with Crippen molar-refractivity contribution in [1.82, 2.24) is 0 Å². The molecule has 0 radical (unpaired) electrons. The van der Waals surface area contributed by atoms with Gasteiger partial charge in [0.05, 0.1) is 7.11 Å². The van der Waals surface area contributed by atoms with Crippen molar-refractivity contribution in [3.63, 3.8) is 0 Å². The number of hydrogen-bond donors (Lipinski definition) is 1. The van der Waals surface area contributed by atoms with Gasteiger partial charge in [-0.2, -0.15) is 0 Å². The highest BCUT2D eigenvalue weighted by Gasteiger charge is 2.23. The van der Waals surface area contributed by atoms with E-state index in [-0.39, 0.29) is 18.8 Å². The van der Waals surface area contributed by atoms with Gasteiger partial charge >= 0.3 is 14.0 Å². The zero-order valence-electron chi connectivity index (χ0n) is 11.0. The van der Waals surface area contributed by atoms with Crippen molar-refractivity contribution < 1.29 is 18.6 Å². The third-order valence-electron chi connectivity index (χ3n) is 3.28. The number of rotatable bonds is 7. The molecule has 0 bridgehead atoms. The van der Waals surface area contributed by atoms with Gasteiger partial charge in [-0.05, 0) is 16.9 Å². The Bertz CT molecular complexity index is 279. The molecule has 0 spiro atoms. The zero-order chi connectivity index (χ0) is 13.4. The number of ether oxygens (including phenoxy) is 1. The second-order valence-corrected chi connectivity index (χ2v) is 6.20. The van der Waals surface area contributed by atoms with E-state index in [9.17, 15) is 9.36 Å². The van der Waals surface area contributed by atoms with Crippen molar-refractivity contribution in [3.05, 3.63) is 0 Å². The molecule has 1 rings (SSSR count). The molecule has 0 aromatic rings. The van der Waals surface area contributed by atoms with Crippen molar-refractivity contribution in [3.8, 4) is 0 Å². The SMILES string of the molecule is CO[P+](=O)CC(=O)OCC(N)CC1CCCCC1. The fraction of sp³-hybridized carbons (Fsp3) is 0.917. The monoisotopic (exact) mass is 276 g/mol. The van der Waals surface area contributed by atoms with Gasteiger partial charge < -0.3 is 10.5 Å². The second kappa shape index (κ2) is 8.57. The number of carbonyl (C=O) groups is 1. The van der Waals surface area contributed by atoms with E-state index in [4.69, 9.17) is 10.5 Å². The molecule has 6 heteroatoms. The summed E-state index contributed by atoms with van der Waals surface area (Å²) in [5.74, 6) is 0.167. The normalized spacial score (nSPS) is 19.3. The quantitative estimate of drug-likeness (QED) is 0.569. The second-order valence-electron chi connectivity index (χ2n) is 4.86. The van der Waals surface area contributed by atoms with E-state index in [0.717, 1.165) is 6.42 Å². The molecule has 1 aliphatic rings.